The SMILES string of the molecule is CC(C)(C)c1ccc2oc3c(c2c1)CCCC3. The van der Waals surface area contributed by atoms with Gasteiger partial charge in [-0.15, -0.1) is 0 Å². The first-order valence-electron chi connectivity index (χ1n) is 6.60. The van der Waals surface area contributed by atoms with Gasteiger partial charge in [-0.25, -0.2) is 0 Å². The van der Waals surface area contributed by atoms with E-state index in [2.05, 4.69) is 39.0 Å². The molecule has 0 atom stereocenters. The molecule has 0 aliphatic heterocycles. The van der Waals surface area contributed by atoms with Crippen molar-refractivity contribution in [3.05, 3.63) is 35.1 Å². The second-order valence-corrected chi connectivity index (χ2v) is 6.17. The molecule has 1 aromatic heterocycles. The maximum absolute atomic E-state index is 5.96. The lowest BCUT2D eigenvalue weighted by Crippen LogP contribution is -2.10. The van der Waals surface area contributed by atoms with Crippen molar-refractivity contribution in [1.82, 2.24) is 0 Å². The van der Waals surface area contributed by atoms with Crippen LogP contribution in [0.5, 0.6) is 0 Å². The molecule has 0 amide bonds. The lowest BCUT2D eigenvalue weighted by atomic mass is 9.85. The Kier molecular flexibility index (Phi) is 2.32. The Bertz CT molecular complexity index is 555. The van der Waals surface area contributed by atoms with Gasteiger partial charge >= 0.3 is 0 Å². The predicted octanol–water partition coefficient (Wildman–Crippen LogP) is 4.61. The van der Waals surface area contributed by atoms with Crippen molar-refractivity contribution in [2.24, 2.45) is 0 Å². The van der Waals surface area contributed by atoms with E-state index in [4.69, 9.17) is 4.42 Å². The van der Waals surface area contributed by atoms with E-state index in [1.165, 1.54) is 41.5 Å². The molecule has 1 nitrogen and oxygen atoms in total. The molecule has 0 bridgehead atoms. The first kappa shape index (κ1) is 10.9. The molecule has 1 aliphatic carbocycles. The number of hydrogen-bond donors (Lipinski definition) is 0. The van der Waals surface area contributed by atoms with Gasteiger partial charge in [0.1, 0.15) is 11.3 Å². The van der Waals surface area contributed by atoms with E-state index >= 15 is 0 Å². The minimum Gasteiger partial charge on any atom is -0.461 e. The third-order valence-electron chi connectivity index (χ3n) is 3.82. The average Bonchev–Trinajstić information content (AvgIpc) is 2.65. The van der Waals surface area contributed by atoms with Crippen LogP contribution in [0.4, 0.5) is 0 Å². The van der Waals surface area contributed by atoms with Crippen molar-refractivity contribution in [3.8, 4) is 0 Å². The highest BCUT2D eigenvalue weighted by atomic mass is 16.3. The number of furan rings is 1. The molecule has 0 saturated heterocycles. The average molecular weight is 228 g/mol. The van der Waals surface area contributed by atoms with Gasteiger partial charge in [-0.2, -0.15) is 0 Å². The zero-order valence-electron chi connectivity index (χ0n) is 11.0. The smallest absolute Gasteiger partial charge is 0.134 e. The maximum Gasteiger partial charge on any atom is 0.134 e. The third kappa shape index (κ3) is 1.78. The van der Waals surface area contributed by atoms with Gasteiger partial charge in [0.15, 0.2) is 0 Å². The van der Waals surface area contributed by atoms with E-state index in [1.807, 2.05) is 0 Å². The van der Waals surface area contributed by atoms with Crippen LogP contribution in [-0.2, 0) is 18.3 Å². The molecule has 17 heavy (non-hydrogen) atoms. The van der Waals surface area contributed by atoms with E-state index in [9.17, 15) is 0 Å². The largest absolute Gasteiger partial charge is 0.461 e. The van der Waals surface area contributed by atoms with Crippen LogP contribution in [0.3, 0.4) is 0 Å². The van der Waals surface area contributed by atoms with Crippen molar-refractivity contribution in [2.45, 2.75) is 51.9 Å². The van der Waals surface area contributed by atoms with E-state index in [0.29, 0.717) is 0 Å². The zero-order chi connectivity index (χ0) is 12.0. The highest BCUT2D eigenvalue weighted by molar-refractivity contribution is 5.83. The molecule has 1 heterocycles. The quantitative estimate of drug-likeness (QED) is 0.641. The molecule has 0 N–H and O–H groups in total. The van der Waals surface area contributed by atoms with Crippen LogP contribution in [0.2, 0.25) is 0 Å². The molecule has 90 valence electrons. The maximum atomic E-state index is 5.96. The summed E-state index contributed by atoms with van der Waals surface area (Å²) < 4.78 is 5.96. The van der Waals surface area contributed by atoms with Crippen molar-refractivity contribution in [2.75, 3.05) is 0 Å². The first-order chi connectivity index (χ1) is 8.05. The summed E-state index contributed by atoms with van der Waals surface area (Å²) in [6, 6.07) is 6.69. The van der Waals surface area contributed by atoms with Crippen molar-refractivity contribution >= 4 is 11.0 Å². The van der Waals surface area contributed by atoms with Crippen molar-refractivity contribution in [3.63, 3.8) is 0 Å². The molecule has 0 unspecified atom stereocenters. The molecule has 2 aromatic rings. The van der Waals surface area contributed by atoms with Crippen LogP contribution in [0.15, 0.2) is 22.6 Å². The lowest BCUT2D eigenvalue weighted by molar-refractivity contribution is 0.506. The Morgan fingerprint density at radius 3 is 2.59 bits per heavy atom. The summed E-state index contributed by atoms with van der Waals surface area (Å²) in [7, 11) is 0. The summed E-state index contributed by atoms with van der Waals surface area (Å²) in [4.78, 5) is 0. The Morgan fingerprint density at radius 1 is 1.06 bits per heavy atom. The fourth-order valence-electron chi connectivity index (χ4n) is 2.73. The number of hydrogen-bond acceptors (Lipinski definition) is 1. The predicted molar refractivity (Wildman–Crippen MR) is 71.6 cm³/mol. The standard InChI is InChI=1S/C16H20O/c1-16(2,3)11-8-9-15-13(10-11)12-6-4-5-7-14(12)17-15/h8-10H,4-7H2,1-3H3. The van der Waals surface area contributed by atoms with Crippen LogP contribution in [0.1, 0.15) is 50.5 Å². The van der Waals surface area contributed by atoms with Gasteiger partial charge in [-0.1, -0.05) is 26.8 Å². The van der Waals surface area contributed by atoms with E-state index in [0.717, 1.165) is 12.0 Å². The third-order valence-corrected chi connectivity index (χ3v) is 3.82. The molecule has 3 rings (SSSR count). The van der Waals surface area contributed by atoms with E-state index in [1.54, 1.807) is 0 Å². The molecular weight excluding hydrogens is 208 g/mol. The molecule has 1 aliphatic rings. The molecule has 0 fully saturated rings. The summed E-state index contributed by atoms with van der Waals surface area (Å²) in [6.45, 7) is 6.79. The molecule has 1 aromatic carbocycles. The van der Waals surface area contributed by atoms with Crippen molar-refractivity contribution in [1.29, 1.82) is 0 Å². The second kappa shape index (κ2) is 3.63. The summed E-state index contributed by atoms with van der Waals surface area (Å²) in [5.74, 6) is 1.23. The van der Waals surface area contributed by atoms with Crippen molar-refractivity contribution < 1.29 is 4.42 Å². The molecule has 0 spiro atoms. The molecule has 1 heteroatoms. The van der Waals surface area contributed by atoms with Gasteiger partial charge in [0.25, 0.3) is 0 Å². The molecule has 0 saturated carbocycles. The molecular formula is C16H20O. The van der Waals surface area contributed by atoms with Gasteiger partial charge in [0.05, 0.1) is 0 Å². The summed E-state index contributed by atoms with van der Waals surface area (Å²) in [6.07, 6.45) is 4.89. The highest BCUT2D eigenvalue weighted by Gasteiger charge is 2.20. The summed E-state index contributed by atoms with van der Waals surface area (Å²) in [5.41, 5.74) is 4.16. The van der Waals surface area contributed by atoms with Crippen LogP contribution in [0.25, 0.3) is 11.0 Å². The number of benzene rings is 1. The molecule has 0 radical (unpaired) electrons. The van der Waals surface area contributed by atoms with E-state index in [-0.39, 0.29) is 5.41 Å². The van der Waals surface area contributed by atoms with Gasteiger partial charge in [0, 0.05) is 17.4 Å². The van der Waals surface area contributed by atoms with Crippen LogP contribution >= 0.6 is 0 Å². The Balaban J connectivity index is 2.21. The number of aryl methyl sites for hydroxylation is 2. The van der Waals surface area contributed by atoms with E-state index < -0.39 is 0 Å². The second-order valence-electron chi connectivity index (χ2n) is 6.17. The van der Waals surface area contributed by atoms with Gasteiger partial charge in [0.2, 0.25) is 0 Å². The topological polar surface area (TPSA) is 13.1 Å². The lowest BCUT2D eigenvalue weighted by Gasteiger charge is -2.19. The first-order valence-corrected chi connectivity index (χ1v) is 6.60. The van der Waals surface area contributed by atoms with Gasteiger partial charge in [-0.05, 0) is 42.4 Å². The Morgan fingerprint density at radius 2 is 1.82 bits per heavy atom. The monoisotopic (exact) mass is 228 g/mol. The number of rotatable bonds is 0. The van der Waals surface area contributed by atoms with Crippen LogP contribution in [0, 0.1) is 0 Å². The highest BCUT2D eigenvalue weighted by Crippen LogP contribution is 2.34. The summed E-state index contributed by atoms with van der Waals surface area (Å²) >= 11 is 0. The fraction of sp³-hybridized carbons (Fsp3) is 0.500. The fourth-order valence-corrected chi connectivity index (χ4v) is 2.73. The Labute approximate surface area is 103 Å². The van der Waals surface area contributed by atoms with Gasteiger partial charge in [-0.3, -0.25) is 0 Å². The normalized spacial score (nSPS) is 16.2. The number of fused-ring (bicyclic) bond motifs is 3. The van der Waals surface area contributed by atoms with Crippen LogP contribution in [-0.4, -0.2) is 0 Å². The van der Waals surface area contributed by atoms with Crippen LogP contribution < -0.4 is 0 Å². The minimum atomic E-state index is 0.215. The zero-order valence-corrected chi connectivity index (χ0v) is 11.0. The summed E-state index contributed by atoms with van der Waals surface area (Å²) in [5, 5.41) is 1.35. The Hall–Kier alpha value is -1.24. The van der Waals surface area contributed by atoms with Gasteiger partial charge < -0.3 is 4.42 Å². The minimum absolute atomic E-state index is 0.215.